The molecule has 4 heteroatoms. The fraction of sp³-hybridized carbons (Fsp3) is 0.471. The highest BCUT2D eigenvalue weighted by Crippen LogP contribution is 2.25. The number of phenols is 1. The number of para-hydroxylation sites is 1. The summed E-state index contributed by atoms with van der Waals surface area (Å²) in [6.45, 7) is 1.76. The standard InChI is InChI=1S/C17H24O4/c1-2-6-13(11-14(19)12-18)7-5-10-17(21)15-8-3-4-9-16(15)20/h3-5,8-9,14,17-21H,2,6,10-12H2,1H3/t7?,14-,17-/m1/s1. The van der Waals surface area contributed by atoms with Gasteiger partial charge in [0.1, 0.15) is 5.75 Å². The van der Waals surface area contributed by atoms with E-state index in [1.165, 1.54) is 6.07 Å². The zero-order chi connectivity index (χ0) is 15.7. The van der Waals surface area contributed by atoms with Gasteiger partial charge in [-0.15, -0.1) is 5.73 Å². The first kappa shape index (κ1) is 17.5. The van der Waals surface area contributed by atoms with Crippen LogP contribution in [0.15, 0.2) is 41.6 Å². The van der Waals surface area contributed by atoms with Crippen molar-refractivity contribution in [2.24, 2.45) is 0 Å². The van der Waals surface area contributed by atoms with E-state index in [0.717, 1.165) is 18.4 Å². The number of phenolic OH excluding ortho intramolecular Hbond substituents is 1. The molecule has 1 rings (SSSR count). The number of aliphatic hydroxyl groups is 3. The third-order valence-electron chi connectivity index (χ3n) is 3.19. The van der Waals surface area contributed by atoms with E-state index < -0.39 is 12.2 Å². The monoisotopic (exact) mass is 292 g/mol. The first-order chi connectivity index (χ1) is 10.1. The van der Waals surface area contributed by atoms with Crippen LogP contribution in [0.5, 0.6) is 5.75 Å². The third kappa shape index (κ3) is 6.15. The second-order valence-electron chi connectivity index (χ2n) is 5.05. The lowest BCUT2D eigenvalue weighted by atomic mass is 10.0. The van der Waals surface area contributed by atoms with Gasteiger partial charge in [0.2, 0.25) is 0 Å². The number of benzene rings is 1. The van der Waals surface area contributed by atoms with Crippen LogP contribution in [0.1, 0.15) is 44.3 Å². The molecule has 0 spiro atoms. The van der Waals surface area contributed by atoms with Crippen LogP contribution in [0.4, 0.5) is 0 Å². The summed E-state index contributed by atoms with van der Waals surface area (Å²) in [5, 5.41) is 38.1. The highest BCUT2D eigenvalue weighted by Gasteiger charge is 2.10. The Kier molecular flexibility index (Phi) is 7.80. The molecule has 4 N–H and O–H groups in total. The summed E-state index contributed by atoms with van der Waals surface area (Å²) in [7, 11) is 0. The summed E-state index contributed by atoms with van der Waals surface area (Å²) in [5.41, 5.74) is 4.49. The van der Waals surface area contributed by atoms with E-state index in [0.29, 0.717) is 18.4 Å². The SMILES string of the molecule is CCCC(=C=CC[C@@H](O)c1ccccc1O)C[C@@H](O)CO. The molecule has 0 bridgehead atoms. The maximum absolute atomic E-state index is 10.0. The Morgan fingerprint density at radius 2 is 2.00 bits per heavy atom. The zero-order valence-corrected chi connectivity index (χ0v) is 12.4. The highest BCUT2D eigenvalue weighted by molar-refractivity contribution is 5.33. The first-order valence-electron chi connectivity index (χ1n) is 7.26. The Bertz CT molecular complexity index is 489. The van der Waals surface area contributed by atoms with E-state index in [-0.39, 0.29) is 12.4 Å². The molecule has 0 heterocycles. The second kappa shape index (κ2) is 9.37. The molecule has 0 radical (unpaired) electrons. The van der Waals surface area contributed by atoms with Crippen LogP contribution in [0.2, 0.25) is 0 Å². The summed E-state index contributed by atoms with van der Waals surface area (Å²) in [5.74, 6) is 0.0758. The smallest absolute Gasteiger partial charge is 0.121 e. The average Bonchev–Trinajstić information content (AvgIpc) is 2.47. The molecule has 0 aliphatic rings. The Morgan fingerprint density at radius 1 is 1.29 bits per heavy atom. The van der Waals surface area contributed by atoms with Crippen LogP contribution in [0, 0.1) is 0 Å². The normalized spacial score (nSPS) is 13.3. The molecule has 21 heavy (non-hydrogen) atoms. The Labute approximate surface area is 125 Å². The molecule has 0 aliphatic carbocycles. The fourth-order valence-electron chi connectivity index (χ4n) is 2.10. The number of aromatic hydroxyl groups is 1. The molecule has 0 fully saturated rings. The predicted molar refractivity (Wildman–Crippen MR) is 81.9 cm³/mol. The van der Waals surface area contributed by atoms with Crippen LogP contribution in [-0.4, -0.2) is 33.1 Å². The molecular weight excluding hydrogens is 268 g/mol. The molecule has 0 unspecified atom stereocenters. The van der Waals surface area contributed by atoms with Gasteiger partial charge in [0.25, 0.3) is 0 Å². The van der Waals surface area contributed by atoms with Crippen molar-refractivity contribution in [3.63, 3.8) is 0 Å². The van der Waals surface area contributed by atoms with Gasteiger partial charge < -0.3 is 20.4 Å². The molecule has 1 aromatic carbocycles. The van der Waals surface area contributed by atoms with E-state index in [2.05, 4.69) is 5.73 Å². The summed E-state index contributed by atoms with van der Waals surface area (Å²) >= 11 is 0. The van der Waals surface area contributed by atoms with Crippen molar-refractivity contribution in [3.8, 4) is 5.75 Å². The summed E-state index contributed by atoms with van der Waals surface area (Å²) in [4.78, 5) is 0. The predicted octanol–water partition coefficient (Wildman–Crippen LogP) is 2.44. The van der Waals surface area contributed by atoms with Crippen molar-refractivity contribution in [3.05, 3.63) is 47.2 Å². The maximum atomic E-state index is 10.0. The lowest BCUT2D eigenvalue weighted by molar-refractivity contribution is 0.0948. The van der Waals surface area contributed by atoms with Crippen molar-refractivity contribution in [1.82, 2.24) is 0 Å². The van der Waals surface area contributed by atoms with Crippen LogP contribution in [0.3, 0.4) is 0 Å². The van der Waals surface area contributed by atoms with Gasteiger partial charge in [-0.25, -0.2) is 0 Å². The van der Waals surface area contributed by atoms with Gasteiger partial charge in [-0.3, -0.25) is 0 Å². The van der Waals surface area contributed by atoms with Gasteiger partial charge in [-0.1, -0.05) is 31.5 Å². The Hall–Kier alpha value is -1.58. The molecule has 116 valence electrons. The van der Waals surface area contributed by atoms with Crippen LogP contribution >= 0.6 is 0 Å². The van der Waals surface area contributed by atoms with Crippen molar-refractivity contribution in [2.45, 2.75) is 44.8 Å². The third-order valence-corrected chi connectivity index (χ3v) is 3.19. The van der Waals surface area contributed by atoms with Crippen molar-refractivity contribution < 1.29 is 20.4 Å². The topological polar surface area (TPSA) is 80.9 Å². The largest absolute Gasteiger partial charge is 0.508 e. The van der Waals surface area contributed by atoms with Gasteiger partial charge in [-0.05, 0) is 24.1 Å². The van der Waals surface area contributed by atoms with Crippen LogP contribution in [-0.2, 0) is 0 Å². The number of aliphatic hydroxyl groups excluding tert-OH is 3. The Balaban J connectivity index is 2.72. The molecule has 0 saturated carbocycles. The average molecular weight is 292 g/mol. The molecule has 1 aromatic rings. The van der Waals surface area contributed by atoms with Crippen molar-refractivity contribution in [2.75, 3.05) is 6.61 Å². The van der Waals surface area contributed by atoms with Crippen LogP contribution in [0.25, 0.3) is 0 Å². The molecule has 0 saturated heterocycles. The van der Waals surface area contributed by atoms with Gasteiger partial charge in [0, 0.05) is 18.4 Å². The molecule has 0 amide bonds. The van der Waals surface area contributed by atoms with E-state index in [1.807, 2.05) is 6.92 Å². The quantitative estimate of drug-likeness (QED) is 0.555. The summed E-state index contributed by atoms with van der Waals surface area (Å²) in [6.07, 6.45) is 2.59. The van der Waals surface area contributed by atoms with E-state index in [4.69, 9.17) is 5.11 Å². The van der Waals surface area contributed by atoms with Gasteiger partial charge in [0.15, 0.2) is 0 Å². The molecule has 2 atom stereocenters. The number of hydrogen-bond donors (Lipinski definition) is 4. The minimum absolute atomic E-state index is 0.0758. The number of hydrogen-bond acceptors (Lipinski definition) is 4. The Morgan fingerprint density at radius 3 is 2.62 bits per heavy atom. The minimum Gasteiger partial charge on any atom is -0.508 e. The molecular formula is C17H24O4. The fourth-order valence-corrected chi connectivity index (χ4v) is 2.10. The lowest BCUT2D eigenvalue weighted by Gasteiger charge is -2.10. The zero-order valence-electron chi connectivity index (χ0n) is 12.4. The van der Waals surface area contributed by atoms with Crippen molar-refractivity contribution in [1.29, 1.82) is 0 Å². The van der Waals surface area contributed by atoms with Gasteiger partial charge >= 0.3 is 0 Å². The second-order valence-corrected chi connectivity index (χ2v) is 5.05. The molecule has 4 nitrogen and oxygen atoms in total. The van der Waals surface area contributed by atoms with Gasteiger partial charge in [-0.2, -0.15) is 0 Å². The van der Waals surface area contributed by atoms with Gasteiger partial charge in [0.05, 0.1) is 18.8 Å². The summed E-state index contributed by atoms with van der Waals surface area (Å²) < 4.78 is 0. The number of rotatable bonds is 8. The van der Waals surface area contributed by atoms with E-state index in [9.17, 15) is 15.3 Å². The van der Waals surface area contributed by atoms with E-state index in [1.54, 1.807) is 24.3 Å². The van der Waals surface area contributed by atoms with Crippen molar-refractivity contribution >= 4 is 0 Å². The summed E-state index contributed by atoms with van der Waals surface area (Å²) in [6, 6.07) is 6.69. The maximum Gasteiger partial charge on any atom is 0.121 e. The highest BCUT2D eigenvalue weighted by atomic mass is 16.3. The van der Waals surface area contributed by atoms with Crippen LogP contribution < -0.4 is 0 Å². The molecule has 0 aromatic heterocycles. The van der Waals surface area contributed by atoms with E-state index >= 15 is 0 Å². The molecule has 0 aliphatic heterocycles. The first-order valence-corrected chi connectivity index (χ1v) is 7.26. The minimum atomic E-state index is -0.788. The lowest BCUT2D eigenvalue weighted by Crippen LogP contribution is -2.12.